The fourth-order valence-electron chi connectivity index (χ4n) is 3.46. The SMILES string of the molecule is Cc1ccc(S(=O)(=O)N2CCOCC2)cc1C(=O)Nc1cccc2c1C(=O)NC2=O. The maximum atomic E-state index is 12.9. The Balaban J connectivity index is 1.66. The number of hydrogen-bond donors (Lipinski definition) is 2. The van der Waals surface area contributed by atoms with Gasteiger partial charge in [0.1, 0.15) is 0 Å². The van der Waals surface area contributed by atoms with Crippen LogP contribution in [0, 0.1) is 6.92 Å². The zero-order chi connectivity index (χ0) is 21.5. The van der Waals surface area contributed by atoms with Crippen LogP contribution in [-0.2, 0) is 14.8 Å². The number of rotatable bonds is 4. The Morgan fingerprint density at radius 3 is 2.57 bits per heavy atom. The van der Waals surface area contributed by atoms with Gasteiger partial charge in [-0.05, 0) is 36.8 Å². The van der Waals surface area contributed by atoms with Crippen LogP contribution < -0.4 is 10.6 Å². The Kier molecular flexibility index (Phi) is 5.14. The molecular weight excluding hydrogens is 410 g/mol. The molecule has 0 aromatic heterocycles. The second kappa shape index (κ2) is 7.63. The van der Waals surface area contributed by atoms with Crippen molar-refractivity contribution in [1.82, 2.24) is 9.62 Å². The predicted molar refractivity (Wildman–Crippen MR) is 107 cm³/mol. The first-order valence-electron chi connectivity index (χ1n) is 9.27. The lowest BCUT2D eigenvalue weighted by Crippen LogP contribution is -2.40. The minimum Gasteiger partial charge on any atom is -0.379 e. The average Bonchev–Trinajstić information content (AvgIpc) is 3.03. The van der Waals surface area contributed by atoms with Crippen LogP contribution in [0.5, 0.6) is 0 Å². The number of fused-ring (bicyclic) bond motifs is 1. The minimum atomic E-state index is -3.77. The highest BCUT2D eigenvalue weighted by atomic mass is 32.2. The third-order valence-corrected chi connectivity index (χ3v) is 6.97. The zero-order valence-corrected chi connectivity index (χ0v) is 16.9. The third-order valence-electron chi connectivity index (χ3n) is 5.07. The number of imide groups is 1. The Hall–Kier alpha value is -3.08. The standard InChI is InChI=1S/C20H19N3O6S/c1-12-5-6-13(30(27,28)23-7-9-29-10-8-23)11-15(12)19(25)21-16-4-2-3-14-17(16)20(26)22-18(14)24/h2-6,11H,7-10H2,1H3,(H,21,25)(H,22,24,26). The minimum absolute atomic E-state index is 0.00589. The number of nitrogens with zero attached hydrogens (tertiary/aromatic N) is 1. The van der Waals surface area contributed by atoms with Gasteiger partial charge in [0.25, 0.3) is 17.7 Å². The molecule has 2 aromatic carbocycles. The van der Waals surface area contributed by atoms with E-state index >= 15 is 0 Å². The van der Waals surface area contributed by atoms with Crippen molar-refractivity contribution in [2.24, 2.45) is 0 Å². The lowest BCUT2D eigenvalue weighted by molar-refractivity contribution is 0.0730. The van der Waals surface area contributed by atoms with Crippen LogP contribution in [0.4, 0.5) is 5.69 Å². The zero-order valence-electron chi connectivity index (χ0n) is 16.1. The van der Waals surface area contributed by atoms with E-state index in [4.69, 9.17) is 4.74 Å². The highest BCUT2D eigenvalue weighted by Gasteiger charge is 2.31. The molecule has 1 saturated heterocycles. The molecule has 2 N–H and O–H groups in total. The van der Waals surface area contributed by atoms with Gasteiger partial charge >= 0.3 is 0 Å². The molecular formula is C20H19N3O6S. The summed E-state index contributed by atoms with van der Waals surface area (Å²) in [6.45, 7) is 2.82. The highest BCUT2D eigenvalue weighted by molar-refractivity contribution is 7.89. The van der Waals surface area contributed by atoms with Crippen LogP contribution >= 0.6 is 0 Å². The molecule has 0 aliphatic carbocycles. The maximum Gasteiger partial charge on any atom is 0.261 e. The van der Waals surface area contributed by atoms with Crippen molar-refractivity contribution >= 4 is 33.4 Å². The monoisotopic (exact) mass is 429 g/mol. The van der Waals surface area contributed by atoms with Gasteiger partial charge in [-0.3, -0.25) is 19.7 Å². The number of hydrogen-bond acceptors (Lipinski definition) is 6. The molecule has 2 aliphatic heterocycles. The molecule has 3 amide bonds. The van der Waals surface area contributed by atoms with Crippen molar-refractivity contribution in [2.75, 3.05) is 31.6 Å². The van der Waals surface area contributed by atoms with Crippen LogP contribution in [0.3, 0.4) is 0 Å². The van der Waals surface area contributed by atoms with E-state index in [0.29, 0.717) is 18.8 Å². The Bertz CT molecular complexity index is 1170. The number of benzene rings is 2. The molecule has 2 aromatic rings. The van der Waals surface area contributed by atoms with E-state index in [2.05, 4.69) is 10.6 Å². The van der Waals surface area contributed by atoms with E-state index in [-0.39, 0.29) is 40.4 Å². The molecule has 0 spiro atoms. The summed E-state index contributed by atoms with van der Waals surface area (Å²) in [6.07, 6.45) is 0. The molecule has 0 unspecified atom stereocenters. The Morgan fingerprint density at radius 2 is 1.83 bits per heavy atom. The summed E-state index contributed by atoms with van der Waals surface area (Å²) in [5, 5.41) is 4.82. The summed E-state index contributed by atoms with van der Waals surface area (Å²) in [5.41, 5.74) is 1.18. The molecule has 4 rings (SSSR count). The van der Waals surface area contributed by atoms with Crippen molar-refractivity contribution in [2.45, 2.75) is 11.8 Å². The Morgan fingerprint density at radius 1 is 1.10 bits per heavy atom. The quantitative estimate of drug-likeness (QED) is 0.703. The molecule has 10 heteroatoms. The molecule has 2 heterocycles. The van der Waals surface area contributed by atoms with E-state index in [1.54, 1.807) is 19.1 Å². The summed E-state index contributed by atoms with van der Waals surface area (Å²) < 4.78 is 32.4. The van der Waals surface area contributed by atoms with Gasteiger partial charge < -0.3 is 10.1 Å². The van der Waals surface area contributed by atoms with Gasteiger partial charge in [-0.1, -0.05) is 12.1 Å². The van der Waals surface area contributed by atoms with E-state index in [0.717, 1.165) is 0 Å². The van der Waals surface area contributed by atoms with E-state index in [1.807, 2.05) is 0 Å². The summed E-state index contributed by atoms with van der Waals surface area (Å²) in [6, 6.07) is 8.91. The lowest BCUT2D eigenvalue weighted by Gasteiger charge is -2.26. The number of amides is 3. The molecule has 0 atom stereocenters. The molecule has 9 nitrogen and oxygen atoms in total. The van der Waals surface area contributed by atoms with E-state index in [9.17, 15) is 22.8 Å². The molecule has 0 saturated carbocycles. The molecule has 156 valence electrons. The number of anilines is 1. The number of carbonyl (C=O) groups excluding carboxylic acids is 3. The summed E-state index contributed by atoms with van der Waals surface area (Å²) >= 11 is 0. The smallest absolute Gasteiger partial charge is 0.261 e. The first kappa shape index (κ1) is 20.2. The fourth-order valence-corrected chi connectivity index (χ4v) is 4.89. The number of nitrogens with one attached hydrogen (secondary N) is 2. The van der Waals surface area contributed by atoms with Crippen LogP contribution in [0.2, 0.25) is 0 Å². The highest BCUT2D eigenvalue weighted by Crippen LogP contribution is 2.26. The molecule has 0 radical (unpaired) electrons. The van der Waals surface area contributed by atoms with E-state index < -0.39 is 27.7 Å². The van der Waals surface area contributed by atoms with Crippen molar-refractivity contribution < 1.29 is 27.5 Å². The lowest BCUT2D eigenvalue weighted by atomic mass is 10.1. The Labute approximate surface area is 173 Å². The van der Waals surface area contributed by atoms with E-state index in [1.165, 1.54) is 28.6 Å². The van der Waals surface area contributed by atoms with Gasteiger partial charge in [0.15, 0.2) is 0 Å². The normalized spacial score (nSPS) is 16.8. The van der Waals surface area contributed by atoms with Gasteiger partial charge in [-0.25, -0.2) is 8.42 Å². The fraction of sp³-hybridized carbons (Fsp3) is 0.250. The van der Waals surface area contributed by atoms with Crippen LogP contribution in [0.15, 0.2) is 41.3 Å². The third kappa shape index (κ3) is 3.49. The molecule has 30 heavy (non-hydrogen) atoms. The van der Waals surface area contributed by atoms with Crippen molar-refractivity contribution in [1.29, 1.82) is 0 Å². The van der Waals surface area contributed by atoms with Crippen molar-refractivity contribution in [3.05, 3.63) is 58.7 Å². The van der Waals surface area contributed by atoms with Gasteiger partial charge in [0.2, 0.25) is 10.0 Å². The number of aryl methyl sites for hydroxylation is 1. The summed E-state index contributed by atoms with van der Waals surface area (Å²) in [7, 11) is -3.77. The topological polar surface area (TPSA) is 122 Å². The van der Waals surface area contributed by atoms with Gasteiger partial charge in [-0.15, -0.1) is 0 Å². The summed E-state index contributed by atoms with van der Waals surface area (Å²) in [5.74, 6) is -1.70. The number of ether oxygens (including phenoxy) is 1. The van der Waals surface area contributed by atoms with Gasteiger partial charge in [-0.2, -0.15) is 4.31 Å². The maximum absolute atomic E-state index is 12.9. The van der Waals surface area contributed by atoms with Gasteiger partial charge in [0.05, 0.1) is 34.9 Å². The summed E-state index contributed by atoms with van der Waals surface area (Å²) in [4.78, 5) is 36.8. The second-order valence-electron chi connectivity index (χ2n) is 6.96. The van der Waals surface area contributed by atoms with Crippen LogP contribution in [0.25, 0.3) is 0 Å². The van der Waals surface area contributed by atoms with Crippen molar-refractivity contribution in [3.63, 3.8) is 0 Å². The largest absolute Gasteiger partial charge is 0.379 e. The number of sulfonamides is 1. The number of morpholine rings is 1. The second-order valence-corrected chi connectivity index (χ2v) is 8.90. The predicted octanol–water partition coefficient (Wildman–Crippen LogP) is 1.15. The first-order chi connectivity index (χ1) is 14.3. The van der Waals surface area contributed by atoms with Gasteiger partial charge in [0, 0.05) is 18.7 Å². The first-order valence-corrected chi connectivity index (χ1v) is 10.7. The van der Waals surface area contributed by atoms with Crippen LogP contribution in [0.1, 0.15) is 36.6 Å². The van der Waals surface area contributed by atoms with Crippen molar-refractivity contribution in [3.8, 4) is 0 Å². The molecule has 1 fully saturated rings. The average molecular weight is 429 g/mol. The number of carbonyl (C=O) groups is 3. The molecule has 0 bridgehead atoms. The van der Waals surface area contributed by atoms with Crippen LogP contribution in [-0.4, -0.2) is 56.7 Å². The molecule has 2 aliphatic rings.